The van der Waals surface area contributed by atoms with Crippen molar-refractivity contribution in [3.63, 3.8) is 0 Å². The van der Waals surface area contributed by atoms with Gasteiger partial charge in [-0.15, -0.1) is 0 Å². The Kier molecular flexibility index (Phi) is 10.9. The molecule has 0 aliphatic carbocycles. The quantitative estimate of drug-likeness (QED) is 0.551. The highest BCUT2D eigenvalue weighted by Crippen LogP contribution is 2.07. The van der Waals surface area contributed by atoms with Crippen molar-refractivity contribution in [2.45, 2.75) is 64.8 Å². The van der Waals surface area contributed by atoms with Crippen molar-refractivity contribution in [1.82, 2.24) is 0 Å². The molecule has 1 atom stereocenters. The number of nitrogens with two attached hydrogens (primary N) is 1. The van der Waals surface area contributed by atoms with Gasteiger partial charge in [-0.3, -0.25) is 0 Å². The van der Waals surface area contributed by atoms with Crippen molar-refractivity contribution in [2.24, 2.45) is 5.73 Å². The van der Waals surface area contributed by atoms with Crippen molar-refractivity contribution in [2.75, 3.05) is 13.2 Å². The minimum Gasteiger partial charge on any atom is -0.380 e. The lowest BCUT2D eigenvalue weighted by Crippen LogP contribution is -2.25. The second-order valence-corrected chi connectivity index (χ2v) is 3.98. The summed E-state index contributed by atoms with van der Waals surface area (Å²) in [5.41, 5.74) is 5.88. The van der Waals surface area contributed by atoms with Gasteiger partial charge in [0.1, 0.15) is 0 Å². The molecule has 0 bridgehead atoms. The third kappa shape index (κ3) is 10.0. The molecule has 2 N–H and O–H groups in total. The molecule has 0 aromatic heterocycles. The van der Waals surface area contributed by atoms with Crippen LogP contribution < -0.4 is 5.73 Å². The van der Waals surface area contributed by atoms with Gasteiger partial charge in [-0.1, -0.05) is 45.4 Å². The van der Waals surface area contributed by atoms with Gasteiger partial charge in [0.2, 0.25) is 0 Å². The molecule has 0 aliphatic heterocycles. The maximum atomic E-state index is 5.88. The third-order valence-electron chi connectivity index (χ3n) is 2.46. The van der Waals surface area contributed by atoms with E-state index in [4.69, 9.17) is 10.5 Å². The summed E-state index contributed by atoms with van der Waals surface area (Å²) in [6.07, 6.45) is 9.17. The predicted octanol–water partition coefficient (Wildman–Crippen LogP) is 3.10. The zero-order valence-corrected chi connectivity index (χ0v) is 9.93. The third-order valence-corrected chi connectivity index (χ3v) is 2.46. The molecule has 0 saturated carbocycles. The van der Waals surface area contributed by atoms with Crippen LogP contribution in [0.1, 0.15) is 58.8 Å². The molecule has 0 aliphatic rings. The van der Waals surface area contributed by atoms with Crippen LogP contribution in [-0.2, 0) is 4.74 Å². The number of hydrogen-bond donors (Lipinski definition) is 1. The maximum Gasteiger partial charge on any atom is 0.0617 e. The molecule has 0 saturated heterocycles. The minimum atomic E-state index is 0.251. The lowest BCUT2D eigenvalue weighted by molar-refractivity contribution is 0.130. The monoisotopic (exact) mass is 201 g/mol. The zero-order chi connectivity index (χ0) is 10.6. The van der Waals surface area contributed by atoms with Gasteiger partial charge < -0.3 is 10.5 Å². The standard InChI is InChI=1S/C12H27NO/c1-3-5-6-7-8-9-10-12(13)11-14-4-2/h12H,3-11,13H2,1-2H3. The molecule has 0 spiro atoms. The minimum absolute atomic E-state index is 0.251. The molecule has 86 valence electrons. The van der Waals surface area contributed by atoms with Crippen LogP contribution in [0, 0.1) is 0 Å². The van der Waals surface area contributed by atoms with Gasteiger partial charge >= 0.3 is 0 Å². The maximum absolute atomic E-state index is 5.88. The second-order valence-electron chi connectivity index (χ2n) is 3.98. The molecule has 14 heavy (non-hydrogen) atoms. The zero-order valence-electron chi connectivity index (χ0n) is 9.93. The SMILES string of the molecule is CCCCCCCCC(N)COCC. The average molecular weight is 201 g/mol. The van der Waals surface area contributed by atoms with Crippen LogP contribution in [0.3, 0.4) is 0 Å². The van der Waals surface area contributed by atoms with E-state index in [1.807, 2.05) is 6.92 Å². The Labute approximate surface area is 89.2 Å². The van der Waals surface area contributed by atoms with E-state index in [1.165, 1.54) is 38.5 Å². The second kappa shape index (κ2) is 11.0. The summed E-state index contributed by atoms with van der Waals surface area (Å²) < 4.78 is 5.27. The number of unbranched alkanes of at least 4 members (excludes halogenated alkanes) is 5. The van der Waals surface area contributed by atoms with E-state index in [1.54, 1.807) is 0 Å². The first kappa shape index (κ1) is 13.9. The average Bonchev–Trinajstić information content (AvgIpc) is 2.20. The summed E-state index contributed by atoms with van der Waals surface area (Å²) in [6, 6.07) is 0.251. The largest absolute Gasteiger partial charge is 0.380 e. The topological polar surface area (TPSA) is 35.2 Å². The molecule has 0 radical (unpaired) electrons. The van der Waals surface area contributed by atoms with E-state index in [2.05, 4.69) is 6.92 Å². The van der Waals surface area contributed by atoms with E-state index < -0.39 is 0 Å². The lowest BCUT2D eigenvalue weighted by atomic mass is 10.1. The first-order chi connectivity index (χ1) is 6.81. The summed E-state index contributed by atoms with van der Waals surface area (Å²) in [4.78, 5) is 0. The van der Waals surface area contributed by atoms with Crippen molar-refractivity contribution in [1.29, 1.82) is 0 Å². The highest BCUT2D eigenvalue weighted by Gasteiger charge is 2.01. The summed E-state index contributed by atoms with van der Waals surface area (Å²) in [6.45, 7) is 5.77. The Hall–Kier alpha value is -0.0800. The fourth-order valence-electron chi connectivity index (χ4n) is 1.54. The molecule has 2 heteroatoms. The molecular formula is C12H27NO. The van der Waals surface area contributed by atoms with Gasteiger partial charge in [-0.05, 0) is 13.3 Å². The van der Waals surface area contributed by atoms with Crippen molar-refractivity contribution in [3.05, 3.63) is 0 Å². The van der Waals surface area contributed by atoms with E-state index in [0.717, 1.165) is 19.6 Å². The van der Waals surface area contributed by atoms with Gasteiger partial charge in [-0.25, -0.2) is 0 Å². The van der Waals surface area contributed by atoms with Gasteiger partial charge in [0.15, 0.2) is 0 Å². The Bertz CT molecular complexity index is 106. The van der Waals surface area contributed by atoms with E-state index in [0.29, 0.717) is 0 Å². The van der Waals surface area contributed by atoms with E-state index in [-0.39, 0.29) is 6.04 Å². The van der Waals surface area contributed by atoms with E-state index in [9.17, 15) is 0 Å². The van der Waals surface area contributed by atoms with Crippen LogP contribution in [-0.4, -0.2) is 19.3 Å². The first-order valence-corrected chi connectivity index (χ1v) is 6.14. The van der Waals surface area contributed by atoms with Gasteiger partial charge in [0, 0.05) is 12.6 Å². The molecule has 0 aromatic rings. The van der Waals surface area contributed by atoms with Crippen LogP contribution >= 0.6 is 0 Å². The summed E-state index contributed by atoms with van der Waals surface area (Å²) in [7, 11) is 0. The van der Waals surface area contributed by atoms with Crippen molar-refractivity contribution >= 4 is 0 Å². The van der Waals surface area contributed by atoms with Gasteiger partial charge in [-0.2, -0.15) is 0 Å². The smallest absolute Gasteiger partial charge is 0.0617 e. The van der Waals surface area contributed by atoms with Crippen molar-refractivity contribution < 1.29 is 4.74 Å². The van der Waals surface area contributed by atoms with Crippen LogP contribution in [0.4, 0.5) is 0 Å². The Balaban J connectivity index is 3.02. The highest BCUT2D eigenvalue weighted by atomic mass is 16.5. The Morgan fingerprint density at radius 2 is 1.64 bits per heavy atom. The normalized spacial score (nSPS) is 13.1. The Morgan fingerprint density at radius 3 is 2.29 bits per heavy atom. The summed E-state index contributed by atoms with van der Waals surface area (Å²) in [5, 5.41) is 0. The lowest BCUT2D eigenvalue weighted by Gasteiger charge is -2.10. The van der Waals surface area contributed by atoms with Gasteiger partial charge in [0.25, 0.3) is 0 Å². The van der Waals surface area contributed by atoms with Crippen LogP contribution in [0.5, 0.6) is 0 Å². The molecule has 0 rings (SSSR count). The molecular weight excluding hydrogens is 174 g/mol. The molecule has 1 unspecified atom stereocenters. The molecule has 0 fully saturated rings. The fourth-order valence-corrected chi connectivity index (χ4v) is 1.54. The number of rotatable bonds is 10. The first-order valence-electron chi connectivity index (χ1n) is 6.14. The van der Waals surface area contributed by atoms with E-state index >= 15 is 0 Å². The molecule has 2 nitrogen and oxygen atoms in total. The summed E-state index contributed by atoms with van der Waals surface area (Å²) >= 11 is 0. The van der Waals surface area contributed by atoms with Gasteiger partial charge in [0.05, 0.1) is 6.61 Å². The molecule has 0 heterocycles. The molecule has 0 aromatic carbocycles. The number of ether oxygens (including phenoxy) is 1. The van der Waals surface area contributed by atoms with Crippen molar-refractivity contribution in [3.8, 4) is 0 Å². The molecule has 0 amide bonds. The predicted molar refractivity (Wildman–Crippen MR) is 62.5 cm³/mol. The highest BCUT2D eigenvalue weighted by molar-refractivity contribution is 4.59. The van der Waals surface area contributed by atoms with Crippen LogP contribution in [0.25, 0.3) is 0 Å². The van der Waals surface area contributed by atoms with Crippen LogP contribution in [0.15, 0.2) is 0 Å². The summed E-state index contributed by atoms with van der Waals surface area (Å²) in [5.74, 6) is 0. The van der Waals surface area contributed by atoms with Crippen LogP contribution in [0.2, 0.25) is 0 Å². The number of hydrogen-bond acceptors (Lipinski definition) is 2. The Morgan fingerprint density at radius 1 is 1.00 bits per heavy atom. The fraction of sp³-hybridized carbons (Fsp3) is 1.00.